The second kappa shape index (κ2) is 8.60. The zero-order valence-corrected chi connectivity index (χ0v) is 13.2. The van der Waals surface area contributed by atoms with Crippen LogP contribution in [0, 0.1) is 11.3 Å². The summed E-state index contributed by atoms with van der Waals surface area (Å²) in [4.78, 5) is 13.8. The maximum absolute atomic E-state index is 12.1. The van der Waals surface area contributed by atoms with Crippen LogP contribution in [0.2, 0.25) is 0 Å². The third-order valence-electron chi connectivity index (χ3n) is 3.45. The molecule has 0 saturated carbocycles. The minimum Gasteiger partial charge on any atom is -0.494 e. The van der Waals surface area contributed by atoms with Crippen molar-refractivity contribution in [1.29, 1.82) is 5.26 Å². The Kier molecular flexibility index (Phi) is 6.19. The number of ether oxygens (including phenoxy) is 1. The molecule has 1 amide bonds. The molecule has 2 aromatic carbocycles. The molecule has 2 rings (SSSR count). The lowest BCUT2D eigenvalue weighted by Crippen LogP contribution is -2.26. The molecule has 0 aliphatic heterocycles. The minimum absolute atomic E-state index is 0.0732. The number of para-hydroxylation sites is 1. The van der Waals surface area contributed by atoms with Crippen molar-refractivity contribution in [2.75, 3.05) is 13.7 Å². The molecule has 23 heavy (non-hydrogen) atoms. The molecule has 0 spiro atoms. The van der Waals surface area contributed by atoms with Gasteiger partial charge < -0.3 is 9.64 Å². The Labute approximate surface area is 136 Å². The Morgan fingerprint density at radius 3 is 2.70 bits per heavy atom. The van der Waals surface area contributed by atoms with Gasteiger partial charge in [-0.2, -0.15) is 5.26 Å². The Morgan fingerprint density at radius 2 is 1.96 bits per heavy atom. The molecule has 0 N–H and O–H groups in total. The van der Waals surface area contributed by atoms with Gasteiger partial charge in [-0.25, -0.2) is 0 Å². The van der Waals surface area contributed by atoms with Crippen molar-refractivity contribution < 1.29 is 9.53 Å². The summed E-state index contributed by atoms with van der Waals surface area (Å²) in [5, 5.41) is 8.90. The first-order valence-corrected chi connectivity index (χ1v) is 7.60. The van der Waals surface area contributed by atoms with Gasteiger partial charge in [0, 0.05) is 20.0 Å². The number of nitrogens with zero attached hydrogens (tertiary/aromatic N) is 2. The van der Waals surface area contributed by atoms with Crippen LogP contribution in [0.5, 0.6) is 5.75 Å². The first-order valence-electron chi connectivity index (χ1n) is 7.60. The molecular weight excluding hydrogens is 288 g/mol. The fraction of sp³-hybridized carbons (Fsp3) is 0.263. The van der Waals surface area contributed by atoms with E-state index < -0.39 is 0 Å². The van der Waals surface area contributed by atoms with Crippen LogP contribution in [0.15, 0.2) is 54.6 Å². The van der Waals surface area contributed by atoms with Crippen molar-refractivity contribution in [3.63, 3.8) is 0 Å². The standard InChI is InChI=1S/C19H20N2O2/c1-21(15-17-8-5-7-16(13-17)14-20)19(22)11-6-12-23-18-9-3-2-4-10-18/h2-5,7-10,13H,6,11-12,15H2,1H3. The van der Waals surface area contributed by atoms with Gasteiger partial charge in [-0.3, -0.25) is 4.79 Å². The molecule has 0 unspecified atom stereocenters. The molecular formula is C19H20N2O2. The van der Waals surface area contributed by atoms with Crippen LogP contribution in [-0.2, 0) is 11.3 Å². The van der Waals surface area contributed by atoms with Gasteiger partial charge >= 0.3 is 0 Å². The van der Waals surface area contributed by atoms with Crippen molar-refractivity contribution in [3.05, 3.63) is 65.7 Å². The topological polar surface area (TPSA) is 53.3 Å². The minimum atomic E-state index is 0.0732. The Hall–Kier alpha value is -2.80. The molecule has 0 atom stereocenters. The summed E-state index contributed by atoms with van der Waals surface area (Å²) in [6.45, 7) is 1.03. The zero-order chi connectivity index (χ0) is 16.5. The molecule has 0 radical (unpaired) electrons. The average molecular weight is 308 g/mol. The van der Waals surface area contributed by atoms with E-state index >= 15 is 0 Å². The SMILES string of the molecule is CN(Cc1cccc(C#N)c1)C(=O)CCCOc1ccccc1. The largest absolute Gasteiger partial charge is 0.494 e. The number of benzene rings is 2. The quantitative estimate of drug-likeness (QED) is 0.737. The number of nitriles is 1. The van der Waals surface area contributed by atoms with Gasteiger partial charge in [-0.05, 0) is 36.2 Å². The smallest absolute Gasteiger partial charge is 0.222 e. The zero-order valence-electron chi connectivity index (χ0n) is 13.2. The van der Waals surface area contributed by atoms with Gasteiger partial charge in [0.2, 0.25) is 5.91 Å². The first-order chi connectivity index (χ1) is 11.2. The third-order valence-corrected chi connectivity index (χ3v) is 3.45. The molecule has 0 aromatic heterocycles. The average Bonchev–Trinajstić information content (AvgIpc) is 2.59. The highest BCUT2D eigenvalue weighted by molar-refractivity contribution is 5.75. The normalized spacial score (nSPS) is 9.91. The van der Waals surface area contributed by atoms with Gasteiger partial charge in [0.1, 0.15) is 5.75 Å². The number of carbonyl (C=O) groups excluding carboxylic acids is 1. The van der Waals surface area contributed by atoms with E-state index in [-0.39, 0.29) is 5.91 Å². The van der Waals surface area contributed by atoms with Gasteiger partial charge in [0.15, 0.2) is 0 Å². The monoisotopic (exact) mass is 308 g/mol. The summed E-state index contributed by atoms with van der Waals surface area (Å²) in [5.74, 6) is 0.894. The molecule has 0 saturated heterocycles. The van der Waals surface area contributed by atoms with Crippen molar-refractivity contribution in [3.8, 4) is 11.8 Å². The molecule has 0 bridgehead atoms. The van der Waals surface area contributed by atoms with Gasteiger partial charge in [-0.1, -0.05) is 30.3 Å². The number of carbonyl (C=O) groups is 1. The summed E-state index contributed by atoms with van der Waals surface area (Å²) in [6.07, 6.45) is 1.12. The van der Waals surface area contributed by atoms with E-state index in [1.54, 1.807) is 18.0 Å². The van der Waals surface area contributed by atoms with E-state index in [2.05, 4.69) is 6.07 Å². The maximum Gasteiger partial charge on any atom is 0.222 e. The maximum atomic E-state index is 12.1. The molecule has 0 heterocycles. The lowest BCUT2D eigenvalue weighted by Gasteiger charge is -2.17. The van der Waals surface area contributed by atoms with Crippen LogP contribution in [0.3, 0.4) is 0 Å². The van der Waals surface area contributed by atoms with Gasteiger partial charge in [0.25, 0.3) is 0 Å². The molecule has 2 aromatic rings. The van der Waals surface area contributed by atoms with Crippen LogP contribution < -0.4 is 4.74 Å². The van der Waals surface area contributed by atoms with E-state index in [1.807, 2.05) is 48.5 Å². The van der Waals surface area contributed by atoms with E-state index in [4.69, 9.17) is 10.00 Å². The van der Waals surface area contributed by atoms with E-state index in [1.165, 1.54) is 0 Å². The third kappa shape index (κ3) is 5.48. The lowest BCUT2D eigenvalue weighted by molar-refractivity contribution is -0.130. The number of rotatable bonds is 7. The summed E-state index contributed by atoms with van der Waals surface area (Å²) < 4.78 is 5.58. The lowest BCUT2D eigenvalue weighted by atomic mass is 10.1. The number of hydrogen-bond acceptors (Lipinski definition) is 3. The van der Waals surface area contributed by atoms with Crippen LogP contribution >= 0.6 is 0 Å². The van der Waals surface area contributed by atoms with Crippen molar-refractivity contribution >= 4 is 5.91 Å². The molecule has 4 nitrogen and oxygen atoms in total. The highest BCUT2D eigenvalue weighted by atomic mass is 16.5. The Morgan fingerprint density at radius 1 is 1.17 bits per heavy atom. The van der Waals surface area contributed by atoms with Gasteiger partial charge in [0.05, 0.1) is 18.2 Å². The van der Waals surface area contributed by atoms with Crippen molar-refractivity contribution in [2.24, 2.45) is 0 Å². The fourth-order valence-electron chi connectivity index (χ4n) is 2.22. The number of amides is 1. The molecule has 118 valence electrons. The fourth-order valence-corrected chi connectivity index (χ4v) is 2.22. The molecule has 0 aliphatic carbocycles. The summed E-state index contributed by atoms with van der Waals surface area (Å²) in [7, 11) is 1.78. The Balaban J connectivity index is 1.73. The highest BCUT2D eigenvalue weighted by Gasteiger charge is 2.09. The van der Waals surface area contributed by atoms with Crippen molar-refractivity contribution in [2.45, 2.75) is 19.4 Å². The summed E-state index contributed by atoms with van der Waals surface area (Å²) >= 11 is 0. The van der Waals surface area contributed by atoms with Crippen LogP contribution in [0.4, 0.5) is 0 Å². The second-order valence-corrected chi connectivity index (χ2v) is 5.33. The van der Waals surface area contributed by atoms with Gasteiger partial charge in [-0.15, -0.1) is 0 Å². The van der Waals surface area contributed by atoms with Crippen LogP contribution in [0.1, 0.15) is 24.0 Å². The molecule has 0 aliphatic rings. The van der Waals surface area contributed by atoms with Crippen LogP contribution in [0.25, 0.3) is 0 Å². The predicted molar refractivity (Wildman–Crippen MR) is 88.8 cm³/mol. The molecule has 4 heteroatoms. The summed E-state index contributed by atoms with van der Waals surface area (Å²) in [5.41, 5.74) is 1.57. The van der Waals surface area contributed by atoms with Crippen LogP contribution in [-0.4, -0.2) is 24.5 Å². The number of hydrogen-bond donors (Lipinski definition) is 0. The van der Waals surface area contributed by atoms with Crippen molar-refractivity contribution in [1.82, 2.24) is 4.90 Å². The van der Waals surface area contributed by atoms with E-state index in [9.17, 15) is 4.79 Å². The second-order valence-electron chi connectivity index (χ2n) is 5.33. The van der Waals surface area contributed by atoms with E-state index in [0.717, 1.165) is 11.3 Å². The molecule has 0 fully saturated rings. The Bertz CT molecular complexity index is 677. The predicted octanol–water partition coefficient (Wildman–Crippen LogP) is 3.38. The highest BCUT2D eigenvalue weighted by Crippen LogP contribution is 2.10. The first kappa shape index (κ1) is 16.6. The van der Waals surface area contributed by atoms with E-state index in [0.29, 0.717) is 31.6 Å². The summed E-state index contributed by atoms with van der Waals surface area (Å²) in [6, 6.07) is 19.0.